The zero-order valence-electron chi connectivity index (χ0n) is 11.9. The molecule has 0 aliphatic rings. The largest absolute Gasteiger partial charge is 0.398 e. The molecule has 1 aromatic heterocycles. The molecule has 8 heteroatoms. The summed E-state index contributed by atoms with van der Waals surface area (Å²) in [5.41, 5.74) is 6.82. The van der Waals surface area contributed by atoms with Gasteiger partial charge in [0.2, 0.25) is 10.0 Å². The predicted octanol–water partition coefficient (Wildman–Crippen LogP) is 1.83. The predicted molar refractivity (Wildman–Crippen MR) is 75.4 cm³/mol. The van der Waals surface area contributed by atoms with Gasteiger partial charge in [-0.2, -0.15) is 4.31 Å². The monoisotopic (exact) mass is 313 g/mol. The highest BCUT2D eigenvalue weighted by molar-refractivity contribution is 7.89. The zero-order chi connectivity index (χ0) is 15.8. The van der Waals surface area contributed by atoms with Crippen molar-refractivity contribution in [3.8, 4) is 0 Å². The topological polar surface area (TPSA) is 89.4 Å². The summed E-state index contributed by atoms with van der Waals surface area (Å²) in [6.07, 6.45) is 0. The highest BCUT2D eigenvalue weighted by Crippen LogP contribution is 2.24. The number of aryl methyl sites for hydroxylation is 2. The van der Waals surface area contributed by atoms with Crippen LogP contribution in [0.15, 0.2) is 27.6 Å². The fraction of sp³-hybridized carbons (Fsp3) is 0.308. The Morgan fingerprint density at radius 2 is 2.00 bits per heavy atom. The lowest BCUT2D eigenvalue weighted by atomic mass is 10.2. The summed E-state index contributed by atoms with van der Waals surface area (Å²) in [5, 5.41) is 3.72. The van der Waals surface area contributed by atoms with Crippen molar-refractivity contribution >= 4 is 15.7 Å². The lowest BCUT2D eigenvalue weighted by molar-refractivity contribution is 0.377. The van der Waals surface area contributed by atoms with E-state index in [1.807, 2.05) is 0 Å². The molecule has 0 radical (unpaired) electrons. The van der Waals surface area contributed by atoms with Crippen LogP contribution in [0.4, 0.5) is 10.1 Å². The summed E-state index contributed by atoms with van der Waals surface area (Å²) in [7, 11) is -2.66. The van der Waals surface area contributed by atoms with Gasteiger partial charge < -0.3 is 10.3 Å². The Kier molecular flexibility index (Phi) is 4.02. The zero-order valence-corrected chi connectivity index (χ0v) is 12.7. The van der Waals surface area contributed by atoms with Crippen LogP contribution < -0.4 is 5.73 Å². The molecule has 0 aliphatic carbocycles. The summed E-state index contributed by atoms with van der Waals surface area (Å²) in [6.45, 7) is 3.29. The molecule has 0 fully saturated rings. The Balaban J connectivity index is 2.35. The number of hydrogen-bond donors (Lipinski definition) is 1. The summed E-state index contributed by atoms with van der Waals surface area (Å²) in [4.78, 5) is -0.451. The lowest BCUT2D eigenvalue weighted by Gasteiger charge is -2.17. The number of hydrogen-bond acceptors (Lipinski definition) is 5. The van der Waals surface area contributed by atoms with Gasteiger partial charge in [-0.3, -0.25) is 0 Å². The van der Waals surface area contributed by atoms with Gasteiger partial charge in [0, 0.05) is 18.8 Å². The molecule has 6 nitrogen and oxygen atoms in total. The number of rotatable bonds is 4. The van der Waals surface area contributed by atoms with Gasteiger partial charge in [0.1, 0.15) is 16.5 Å². The molecule has 21 heavy (non-hydrogen) atoms. The van der Waals surface area contributed by atoms with Crippen molar-refractivity contribution < 1.29 is 17.3 Å². The number of aromatic nitrogens is 1. The first kappa shape index (κ1) is 15.5. The Morgan fingerprint density at radius 1 is 1.33 bits per heavy atom. The first-order valence-corrected chi connectivity index (χ1v) is 7.60. The third kappa shape index (κ3) is 3.06. The maximum Gasteiger partial charge on any atom is 0.246 e. The Bertz CT molecular complexity index is 771. The highest BCUT2D eigenvalue weighted by Gasteiger charge is 2.26. The molecule has 0 spiro atoms. The van der Waals surface area contributed by atoms with Crippen LogP contribution in [0.2, 0.25) is 0 Å². The van der Waals surface area contributed by atoms with Crippen molar-refractivity contribution in [2.75, 3.05) is 12.8 Å². The van der Waals surface area contributed by atoms with E-state index in [2.05, 4.69) is 5.16 Å². The Hall–Kier alpha value is -1.93. The SMILES string of the molecule is Cc1cc(CN(C)S(=O)(=O)c2cc(N)c(C)cc2F)no1. The van der Waals surface area contributed by atoms with Gasteiger partial charge in [-0.25, -0.2) is 12.8 Å². The molecular weight excluding hydrogens is 297 g/mol. The molecular formula is C13H16FN3O3S. The van der Waals surface area contributed by atoms with Crippen LogP contribution in [0.3, 0.4) is 0 Å². The molecule has 1 heterocycles. The van der Waals surface area contributed by atoms with Crippen LogP contribution in [-0.2, 0) is 16.6 Å². The summed E-state index contributed by atoms with van der Waals surface area (Å²) < 4.78 is 44.6. The second kappa shape index (κ2) is 5.45. The molecule has 2 N–H and O–H groups in total. The number of nitrogens with two attached hydrogens (primary N) is 1. The van der Waals surface area contributed by atoms with E-state index in [0.29, 0.717) is 17.0 Å². The number of nitrogens with zero attached hydrogens (tertiary/aromatic N) is 2. The Morgan fingerprint density at radius 3 is 2.57 bits per heavy atom. The first-order chi connectivity index (χ1) is 9.71. The standard InChI is InChI=1S/C13H16FN3O3S/c1-8-4-11(14)13(6-12(8)15)21(18,19)17(3)7-10-5-9(2)20-16-10/h4-6H,7,15H2,1-3H3. The van der Waals surface area contributed by atoms with Gasteiger partial charge in [0.15, 0.2) is 0 Å². The molecule has 0 bridgehead atoms. The van der Waals surface area contributed by atoms with Crippen molar-refractivity contribution in [1.82, 2.24) is 9.46 Å². The van der Waals surface area contributed by atoms with Gasteiger partial charge in [0.05, 0.1) is 12.2 Å². The van der Waals surface area contributed by atoms with Crippen LogP contribution in [-0.4, -0.2) is 24.9 Å². The molecule has 0 unspecified atom stereocenters. The van der Waals surface area contributed by atoms with E-state index in [4.69, 9.17) is 10.3 Å². The molecule has 2 rings (SSSR count). The van der Waals surface area contributed by atoms with Crippen LogP contribution in [0.1, 0.15) is 17.0 Å². The maximum atomic E-state index is 13.9. The van der Waals surface area contributed by atoms with E-state index in [1.54, 1.807) is 19.9 Å². The molecule has 1 aromatic carbocycles. The minimum atomic E-state index is -4.00. The third-order valence-electron chi connectivity index (χ3n) is 3.07. The van der Waals surface area contributed by atoms with Crippen LogP contribution >= 0.6 is 0 Å². The molecule has 0 amide bonds. The molecule has 0 saturated heterocycles. The summed E-state index contributed by atoms with van der Waals surface area (Å²) >= 11 is 0. The molecule has 114 valence electrons. The second-order valence-electron chi connectivity index (χ2n) is 4.83. The fourth-order valence-corrected chi connectivity index (χ4v) is 3.06. The third-order valence-corrected chi connectivity index (χ3v) is 4.89. The van der Waals surface area contributed by atoms with Crippen LogP contribution in [0, 0.1) is 19.7 Å². The van der Waals surface area contributed by atoms with Gasteiger partial charge >= 0.3 is 0 Å². The summed E-state index contributed by atoms with van der Waals surface area (Å²) in [5.74, 6) is -0.258. The molecule has 2 aromatic rings. The maximum absolute atomic E-state index is 13.9. The minimum Gasteiger partial charge on any atom is -0.398 e. The van der Waals surface area contributed by atoms with Crippen LogP contribution in [0.25, 0.3) is 0 Å². The van der Waals surface area contributed by atoms with Crippen molar-refractivity contribution in [3.63, 3.8) is 0 Å². The highest BCUT2D eigenvalue weighted by atomic mass is 32.2. The number of sulfonamides is 1. The molecule has 0 atom stereocenters. The van der Waals surface area contributed by atoms with Gasteiger partial charge in [-0.05, 0) is 31.5 Å². The average Bonchev–Trinajstić information content (AvgIpc) is 2.79. The average molecular weight is 313 g/mol. The molecule has 0 saturated carbocycles. The van der Waals surface area contributed by atoms with E-state index < -0.39 is 20.7 Å². The minimum absolute atomic E-state index is 0.0209. The Labute approximate surface area is 122 Å². The van der Waals surface area contributed by atoms with Crippen molar-refractivity contribution in [2.45, 2.75) is 25.3 Å². The van der Waals surface area contributed by atoms with Crippen LogP contribution in [0.5, 0.6) is 0 Å². The van der Waals surface area contributed by atoms with E-state index in [-0.39, 0.29) is 12.2 Å². The van der Waals surface area contributed by atoms with Crippen molar-refractivity contribution in [1.29, 1.82) is 0 Å². The normalized spacial score (nSPS) is 12.0. The number of anilines is 1. The smallest absolute Gasteiger partial charge is 0.246 e. The fourth-order valence-electron chi connectivity index (χ4n) is 1.84. The molecule has 0 aliphatic heterocycles. The second-order valence-corrected chi connectivity index (χ2v) is 6.84. The van der Waals surface area contributed by atoms with Gasteiger partial charge in [0.25, 0.3) is 0 Å². The van der Waals surface area contributed by atoms with E-state index in [9.17, 15) is 12.8 Å². The lowest BCUT2D eigenvalue weighted by Crippen LogP contribution is -2.27. The van der Waals surface area contributed by atoms with Gasteiger partial charge in [-0.1, -0.05) is 5.16 Å². The summed E-state index contributed by atoms with van der Waals surface area (Å²) in [6, 6.07) is 3.85. The van der Waals surface area contributed by atoms with Gasteiger partial charge in [-0.15, -0.1) is 0 Å². The number of nitrogen functional groups attached to an aromatic ring is 1. The number of benzene rings is 1. The van der Waals surface area contributed by atoms with Crippen molar-refractivity contribution in [2.24, 2.45) is 0 Å². The van der Waals surface area contributed by atoms with E-state index in [0.717, 1.165) is 16.4 Å². The van der Waals surface area contributed by atoms with E-state index in [1.165, 1.54) is 7.05 Å². The first-order valence-electron chi connectivity index (χ1n) is 6.16. The quantitative estimate of drug-likeness (QED) is 0.870. The number of halogens is 1. The van der Waals surface area contributed by atoms with Crippen molar-refractivity contribution in [3.05, 3.63) is 41.0 Å². The van der Waals surface area contributed by atoms with E-state index >= 15 is 0 Å².